The highest BCUT2D eigenvalue weighted by Gasteiger charge is 2.11. The van der Waals surface area contributed by atoms with Gasteiger partial charge in [0.15, 0.2) is 0 Å². The van der Waals surface area contributed by atoms with Crippen LogP contribution in [0.1, 0.15) is 12.0 Å². The Bertz CT molecular complexity index is 353. The Labute approximate surface area is 106 Å². The summed E-state index contributed by atoms with van der Waals surface area (Å²) in [7, 11) is 0. The molecule has 0 spiro atoms. The van der Waals surface area contributed by atoms with Crippen LogP contribution in [-0.4, -0.2) is 29.5 Å². The van der Waals surface area contributed by atoms with E-state index in [1.54, 1.807) is 0 Å². The van der Waals surface area contributed by atoms with Crippen molar-refractivity contribution >= 4 is 18.6 Å². The average Bonchev–Trinajstić information content (AvgIpc) is 2.31. The second-order valence-corrected chi connectivity index (χ2v) is 4.17. The third-order valence-corrected chi connectivity index (χ3v) is 2.58. The Morgan fingerprint density at radius 3 is 2.59 bits per heavy atom. The van der Waals surface area contributed by atoms with Crippen molar-refractivity contribution in [2.75, 3.05) is 12.4 Å². The Morgan fingerprint density at radius 2 is 2.06 bits per heavy atom. The molecule has 0 amide bonds. The molecule has 1 atom stereocenters. The highest BCUT2D eigenvalue weighted by molar-refractivity contribution is 7.80. The maximum atomic E-state index is 10.6. The van der Waals surface area contributed by atoms with Crippen LogP contribution in [0.3, 0.4) is 0 Å². The molecule has 0 aliphatic rings. The average molecular weight is 255 g/mol. The van der Waals surface area contributed by atoms with Crippen LogP contribution in [0.5, 0.6) is 5.75 Å². The van der Waals surface area contributed by atoms with Crippen molar-refractivity contribution in [3.8, 4) is 5.75 Å². The van der Waals surface area contributed by atoms with E-state index in [2.05, 4.69) is 12.6 Å². The van der Waals surface area contributed by atoms with Gasteiger partial charge in [0, 0.05) is 0 Å². The number of benzene rings is 1. The van der Waals surface area contributed by atoms with E-state index in [-0.39, 0.29) is 0 Å². The Kier molecular flexibility index (Phi) is 5.86. The van der Waals surface area contributed by atoms with Crippen LogP contribution < -0.4 is 10.5 Å². The quantitative estimate of drug-likeness (QED) is 0.508. The van der Waals surface area contributed by atoms with Crippen LogP contribution in [0.25, 0.3) is 0 Å². The van der Waals surface area contributed by atoms with Gasteiger partial charge in [0.1, 0.15) is 11.8 Å². The first-order valence-electron chi connectivity index (χ1n) is 5.44. The number of aliphatic carboxylic acids is 1. The molecule has 0 aliphatic carbocycles. The molecule has 0 unspecified atom stereocenters. The topological polar surface area (TPSA) is 72.5 Å². The summed E-state index contributed by atoms with van der Waals surface area (Å²) in [4.78, 5) is 10.6. The van der Waals surface area contributed by atoms with Gasteiger partial charge in [0.2, 0.25) is 0 Å². The maximum Gasteiger partial charge on any atom is 0.320 e. The number of ether oxygens (including phenoxy) is 1. The van der Waals surface area contributed by atoms with Crippen LogP contribution in [0.2, 0.25) is 0 Å². The highest BCUT2D eigenvalue weighted by Crippen LogP contribution is 2.13. The van der Waals surface area contributed by atoms with Crippen molar-refractivity contribution in [2.24, 2.45) is 5.73 Å². The molecule has 1 aromatic rings. The van der Waals surface area contributed by atoms with Gasteiger partial charge in [0.05, 0.1) is 6.61 Å². The zero-order valence-electron chi connectivity index (χ0n) is 9.50. The lowest BCUT2D eigenvalue weighted by Crippen LogP contribution is -2.32. The monoisotopic (exact) mass is 255 g/mol. The Balaban J connectivity index is 2.47. The van der Waals surface area contributed by atoms with Gasteiger partial charge in [-0.3, -0.25) is 4.79 Å². The molecule has 0 radical (unpaired) electrons. The fourth-order valence-electron chi connectivity index (χ4n) is 1.32. The standard InChI is InChI=1S/C12H17NO3S/c13-11(12(14)15)8-9-2-4-10(5-3-9)16-6-1-7-17/h2-5,11,17H,1,6-8,13H2,(H,14,15)/t11-/m0/s1. The van der Waals surface area contributed by atoms with Crippen LogP contribution in [0.15, 0.2) is 24.3 Å². The molecule has 4 nitrogen and oxygen atoms in total. The molecule has 1 rings (SSSR count). The molecule has 0 saturated carbocycles. The lowest BCUT2D eigenvalue weighted by Gasteiger charge is -2.08. The number of thiol groups is 1. The molecular weight excluding hydrogens is 238 g/mol. The van der Waals surface area contributed by atoms with Crippen molar-refractivity contribution in [2.45, 2.75) is 18.9 Å². The van der Waals surface area contributed by atoms with Crippen LogP contribution in [-0.2, 0) is 11.2 Å². The number of hydrogen-bond acceptors (Lipinski definition) is 4. The van der Waals surface area contributed by atoms with Crippen molar-refractivity contribution in [1.82, 2.24) is 0 Å². The van der Waals surface area contributed by atoms with E-state index in [1.165, 1.54) is 0 Å². The first-order valence-corrected chi connectivity index (χ1v) is 6.07. The number of carboxylic acid groups (broad SMARTS) is 1. The maximum absolute atomic E-state index is 10.6. The highest BCUT2D eigenvalue weighted by atomic mass is 32.1. The molecule has 0 fully saturated rings. The second kappa shape index (κ2) is 7.19. The summed E-state index contributed by atoms with van der Waals surface area (Å²) in [5.41, 5.74) is 6.34. The van der Waals surface area contributed by atoms with Gasteiger partial charge < -0.3 is 15.6 Å². The summed E-state index contributed by atoms with van der Waals surface area (Å²) < 4.78 is 5.46. The fraction of sp³-hybridized carbons (Fsp3) is 0.417. The first-order chi connectivity index (χ1) is 8.13. The van der Waals surface area contributed by atoms with E-state index < -0.39 is 12.0 Å². The normalized spacial score (nSPS) is 12.1. The summed E-state index contributed by atoms with van der Waals surface area (Å²) >= 11 is 4.09. The van der Waals surface area contributed by atoms with Crippen molar-refractivity contribution in [3.63, 3.8) is 0 Å². The van der Waals surface area contributed by atoms with Gasteiger partial charge in [0.25, 0.3) is 0 Å². The zero-order chi connectivity index (χ0) is 12.7. The summed E-state index contributed by atoms with van der Waals surface area (Å²) in [6.45, 7) is 0.636. The predicted molar refractivity (Wildman–Crippen MR) is 69.7 cm³/mol. The molecule has 0 bridgehead atoms. The van der Waals surface area contributed by atoms with Gasteiger partial charge in [-0.25, -0.2) is 0 Å². The Hall–Kier alpha value is -1.20. The largest absolute Gasteiger partial charge is 0.494 e. The third kappa shape index (κ3) is 5.10. The fourth-order valence-corrected chi connectivity index (χ4v) is 1.45. The van der Waals surface area contributed by atoms with Crippen molar-refractivity contribution < 1.29 is 14.6 Å². The van der Waals surface area contributed by atoms with E-state index in [0.717, 1.165) is 23.5 Å². The molecule has 0 aliphatic heterocycles. The van der Waals surface area contributed by atoms with Gasteiger partial charge in [-0.05, 0) is 36.3 Å². The van der Waals surface area contributed by atoms with E-state index >= 15 is 0 Å². The number of hydrogen-bond donors (Lipinski definition) is 3. The molecule has 0 aromatic heterocycles. The van der Waals surface area contributed by atoms with E-state index in [9.17, 15) is 4.79 Å². The molecule has 1 aromatic carbocycles. The summed E-state index contributed by atoms with van der Waals surface area (Å²) in [6, 6.07) is 6.45. The van der Waals surface area contributed by atoms with Crippen LogP contribution in [0, 0.1) is 0 Å². The zero-order valence-corrected chi connectivity index (χ0v) is 10.4. The van der Waals surface area contributed by atoms with Gasteiger partial charge >= 0.3 is 5.97 Å². The van der Waals surface area contributed by atoms with E-state index in [0.29, 0.717) is 13.0 Å². The minimum absolute atomic E-state index is 0.326. The Morgan fingerprint density at radius 1 is 1.41 bits per heavy atom. The molecule has 3 N–H and O–H groups in total. The number of carbonyl (C=O) groups is 1. The lowest BCUT2D eigenvalue weighted by molar-refractivity contribution is -0.138. The first kappa shape index (κ1) is 13.9. The number of rotatable bonds is 7. The summed E-state index contributed by atoms with van der Waals surface area (Å²) in [5.74, 6) is 0.587. The van der Waals surface area contributed by atoms with Gasteiger partial charge in [-0.1, -0.05) is 12.1 Å². The van der Waals surface area contributed by atoms with Crippen molar-refractivity contribution in [3.05, 3.63) is 29.8 Å². The smallest absolute Gasteiger partial charge is 0.320 e. The minimum Gasteiger partial charge on any atom is -0.494 e. The summed E-state index contributed by atoms with van der Waals surface area (Å²) in [5, 5.41) is 8.68. The molecule has 17 heavy (non-hydrogen) atoms. The number of nitrogens with two attached hydrogens (primary N) is 1. The third-order valence-electron chi connectivity index (χ3n) is 2.27. The lowest BCUT2D eigenvalue weighted by atomic mass is 10.1. The van der Waals surface area contributed by atoms with Crippen molar-refractivity contribution in [1.29, 1.82) is 0 Å². The predicted octanol–water partition coefficient (Wildman–Crippen LogP) is 1.34. The molecule has 94 valence electrons. The second-order valence-electron chi connectivity index (χ2n) is 3.72. The molecule has 5 heteroatoms. The van der Waals surface area contributed by atoms with E-state index in [4.69, 9.17) is 15.6 Å². The van der Waals surface area contributed by atoms with Gasteiger partial charge in [-0.15, -0.1) is 0 Å². The number of carboxylic acids is 1. The molecular formula is C12H17NO3S. The van der Waals surface area contributed by atoms with Crippen LogP contribution in [0.4, 0.5) is 0 Å². The SMILES string of the molecule is N[C@@H](Cc1ccc(OCCCS)cc1)C(=O)O. The van der Waals surface area contributed by atoms with Gasteiger partial charge in [-0.2, -0.15) is 12.6 Å². The minimum atomic E-state index is -0.987. The molecule has 0 saturated heterocycles. The van der Waals surface area contributed by atoms with E-state index in [1.807, 2.05) is 24.3 Å². The summed E-state index contributed by atoms with van der Waals surface area (Å²) in [6.07, 6.45) is 1.22. The molecule has 0 heterocycles. The van der Waals surface area contributed by atoms with Crippen LogP contribution >= 0.6 is 12.6 Å².